The highest BCUT2D eigenvalue weighted by molar-refractivity contribution is 5.82. The number of nitrogens with zero attached hydrogens (tertiary/aromatic N) is 3. The molecule has 0 saturated carbocycles. The van der Waals surface area contributed by atoms with E-state index in [9.17, 15) is 9.59 Å². The van der Waals surface area contributed by atoms with Gasteiger partial charge in [0.15, 0.2) is 0 Å². The van der Waals surface area contributed by atoms with E-state index in [1.54, 1.807) is 14.2 Å². The number of aromatic nitrogens is 2. The topological polar surface area (TPSA) is 75.9 Å². The average Bonchev–Trinajstić information content (AvgIpc) is 3.16. The fraction of sp³-hybridized carbons (Fsp3) is 0.526. The number of methoxy groups -OCH3 is 1. The molecule has 7 nitrogen and oxygen atoms in total. The van der Waals surface area contributed by atoms with E-state index in [0.29, 0.717) is 13.2 Å². The lowest BCUT2D eigenvalue weighted by Crippen LogP contribution is -2.53. The van der Waals surface area contributed by atoms with Gasteiger partial charge in [-0.1, -0.05) is 6.07 Å². The number of aryl methyl sites for hydroxylation is 1. The molecule has 0 spiro atoms. The Bertz CT molecular complexity index is 816. The lowest BCUT2D eigenvalue weighted by molar-refractivity contribution is -0.139. The van der Waals surface area contributed by atoms with Crippen molar-refractivity contribution in [1.82, 2.24) is 19.6 Å². The molecular formula is C19H26N4O3. The molecule has 1 atom stereocenters. The molecule has 2 aromatic rings. The number of likely N-dealkylation sites (tertiary alicyclic amines) is 1. The second-order valence-corrected chi connectivity index (χ2v) is 6.91. The first-order chi connectivity index (χ1) is 12.5. The zero-order valence-electron chi connectivity index (χ0n) is 15.6. The zero-order valence-corrected chi connectivity index (χ0v) is 15.6. The highest BCUT2D eigenvalue weighted by Crippen LogP contribution is 2.33. The van der Waals surface area contributed by atoms with Crippen molar-refractivity contribution in [2.24, 2.45) is 0 Å². The Morgan fingerprint density at radius 1 is 1.38 bits per heavy atom. The van der Waals surface area contributed by atoms with Gasteiger partial charge in [-0.05, 0) is 31.9 Å². The molecule has 1 saturated heterocycles. The Labute approximate surface area is 153 Å². The van der Waals surface area contributed by atoms with Gasteiger partial charge in [0, 0.05) is 26.9 Å². The highest BCUT2D eigenvalue weighted by Gasteiger charge is 2.45. The number of carbonyl (C=O) groups excluding carboxylic acids is 2. The van der Waals surface area contributed by atoms with Gasteiger partial charge >= 0.3 is 0 Å². The Hall–Kier alpha value is -2.41. The maximum atomic E-state index is 13.2. The summed E-state index contributed by atoms with van der Waals surface area (Å²) in [5.74, 6) is -0.0649. The number of carbonyl (C=O) groups is 2. The van der Waals surface area contributed by atoms with Gasteiger partial charge in [0.1, 0.15) is 5.65 Å². The molecule has 2 aromatic heterocycles. The van der Waals surface area contributed by atoms with Gasteiger partial charge in [-0.3, -0.25) is 9.59 Å². The van der Waals surface area contributed by atoms with Crippen LogP contribution < -0.4 is 5.32 Å². The normalized spacial score (nSPS) is 19.9. The summed E-state index contributed by atoms with van der Waals surface area (Å²) < 4.78 is 7.35. The number of ether oxygens (including phenoxy) is 1. The Balaban J connectivity index is 1.87. The zero-order chi connectivity index (χ0) is 18.7. The van der Waals surface area contributed by atoms with E-state index >= 15 is 0 Å². The predicted octanol–water partition coefficient (Wildman–Crippen LogP) is 1.33. The van der Waals surface area contributed by atoms with Gasteiger partial charge < -0.3 is 19.4 Å². The summed E-state index contributed by atoms with van der Waals surface area (Å²) in [4.78, 5) is 31.6. The first kappa shape index (κ1) is 18.4. The van der Waals surface area contributed by atoms with E-state index in [2.05, 4.69) is 10.3 Å². The van der Waals surface area contributed by atoms with E-state index in [-0.39, 0.29) is 24.7 Å². The number of pyridine rings is 1. The average molecular weight is 358 g/mol. The first-order valence-corrected chi connectivity index (χ1v) is 8.93. The molecule has 140 valence electrons. The molecular weight excluding hydrogens is 332 g/mol. The monoisotopic (exact) mass is 358 g/mol. The van der Waals surface area contributed by atoms with Gasteiger partial charge in [-0.15, -0.1) is 0 Å². The lowest BCUT2D eigenvalue weighted by Gasteiger charge is -2.37. The van der Waals surface area contributed by atoms with Crippen LogP contribution in [0.4, 0.5) is 0 Å². The quantitative estimate of drug-likeness (QED) is 0.845. The van der Waals surface area contributed by atoms with Gasteiger partial charge in [-0.2, -0.15) is 0 Å². The highest BCUT2D eigenvalue weighted by atomic mass is 16.5. The molecule has 1 aliphatic rings. The summed E-state index contributed by atoms with van der Waals surface area (Å²) in [7, 11) is 3.23. The third kappa shape index (κ3) is 3.31. The number of fused-ring (bicyclic) bond motifs is 1. The first-order valence-electron chi connectivity index (χ1n) is 8.93. The van der Waals surface area contributed by atoms with Gasteiger partial charge in [0.05, 0.1) is 36.4 Å². The molecule has 2 amide bonds. The van der Waals surface area contributed by atoms with E-state index in [1.807, 2.05) is 40.6 Å². The van der Waals surface area contributed by atoms with E-state index in [1.165, 1.54) is 0 Å². The van der Waals surface area contributed by atoms with Crippen molar-refractivity contribution < 1.29 is 14.3 Å². The maximum Gasteiger partial charge on any atom is 0.229 e. The molecule has 0 aromatic carbocycles. The van der Waals surface area contributed by atoms with Crippen LogP contribution in [0, 0.1) is 6.92 Å². The third-order valence-electron chi connectivity index (χ3n) is 5.23. The summed E-state index contributed by atoms with van der Waals surface area (Å²) in [5.41, 5.74) is 2.01. The standard InChI is InChI=1S/C19H26N4O3/c1-14-15(22-9-5-4-7-16(22)21-14)11-18(25)23-10-6-8-19(23,13-26-3)12-17(24)20-2/h4-5,7,9H,6,8,10-13H2,1-3H3,(H,20,24)/t19-/m0/s1. The van der Waals surface area contributed by atoms with Crippen LogP contribution in [0.2, 0.25) is 0 Å². The number of rotatable bonds is 6. The van der Waals surface area contributed by atoms with Crippen molar-refractivity contribution in [3.05, 3.63) is 35.8 Å². The molecule has 1 aliphatic heterocycles. The van der Waals surface area contributed by atoms with Gasteiger partial charge in [-0.25, -0.2) is 4.98 Å². The molecule has 3 rings (SSSR count). The van der Waals surface area contributed by atoms with Crippen molar-refractivity contribution in [1.29, 1.82) is 0 Å². The van der Waals surface area contributed by atoms with Crippen molar-refractivity contribution in [3.63, 3.8) is 0 Å². The summed E-state index contributed by atoms with van der Waals surface area (Å²) in [6.07, 6.45) is 4.09. The minimum absolute atomic E-state index is 0.0113. The SMILES string of the molecule is CNC(=O)C[C@]1(COC)CCCN1C(=O)Cc1c(C)nc2ccccn12. The lowest BCUT2D eigenvalue weighted by atomic mass is 9.92. The molecule has 1 N–H and O–H groups in total. The molecule has 3 heterocycles. The van der Waals surface area contributed by atoms with E-state index in [0.717, 1.165) is 29.9 Å². The van der Waals surface area contributed by atoms with E-state index in [4.69, 9.17) is 4.74 Å². The maximum absolute atomic E-state index is 13.2. The molecule has 0 aliphatic carbocycles. The molecule has 0 unspecified atom stereocenters. The summed E-state index contributed by atoms with van der Waals surface area (Å²) in [5, 5.41) is 2.67. The van der Waals surface area contributed by atoms with Gasteiger partial charge in [0.2, 0.25) is 11.8 Å². The predicted molar refractivity (Wildman–Crippen MR) is 97.9 cm³/mol. The van der Waals surface area contributed by atoms with Crippen LogP contribution >= 0.6 is 0 Å². The van der Waals surface area contributed by atoms with Gasteiger partial charge in [0.25, 0.3) is 0 Å². The number of nitrogens with one attached hydrogen (secondary N) is 1. The Kier molecular flexibility index (Phi) is 5.27. The van der Waals surface area contributed by atoms with Crippen LogP contribution in [0.1, 0.15) is 30.7 Å². The van der Waals surface area contributed by atoms with Crippen molar-refractivity contribution in [2.75, 3.05) is 27.3 Å². The molecule has 1 fully saturated rings. The largest absolute Gasteiger partial charge is 0.382 e. The van der Waals surface area contributed by atoms with Crippen LogP contribution in [-0.2, 0) is 20.7 Å². The second kappa shape index (κ2) is 7.45. The molecule has 7 heteroatoms. The fourth-order valence-corrected chi connectivity index (χ4v) is 3.98. The summed E-state index contributed by atoms with van der Waals surface area (Å²) >= 11 is 0. The number of amides is 2. The number of imidazole rings is 1. The third-order valence-corrected chi connectivity index (χ3v) is 5.23. The minimum atomic E-state index is -0.569. The molecule has 26 heavy (non-hydrogen) atoms. The Morgan fingerprint density at radius 2 is 2.19 bits per heavy atom. The molecule has 0 bridgehead atoms. The molecule has 0 radical (unpaired) electrons. The fourth-order valence-electron chi connectivity index (χ4n) is 3.98. The van der Waals surface area contributed by atoms with Crippen molar-refractivity contribution in [3.8, 4) is 0 Å². The smallest absolute Gasteiger partial charge is 0.229 e. The van der Waals surface area contributed by atoms with Crippen LogP contribution in [0.25, 0.3) is 5.65 Å². The van der Waals surface area contributed by atoms with Crippen molar-refractivity contribution in [2.45, 2.75) is 38.1 Å². The van der Waals surface area contributed by atoms with E-state index < -0.39 is 5.54 Å². The van der Waals surface area contributed by atoms with Crippen molar-refractivity contribution >= 4 is 17.5 Å². The Morgan fingerprint density at radius 3 is 2.92 bits per heavy atom. The van der Waals surface area contributed by atoms with Crippen LogP contribution in [0.15, 0.2) is 24.4 Å². The number of hydrogen-bond donors (Lipinski definition) is 1. The summed E-state index contributed by atoms with van der Waals surface area (Å²) in [6, 6.07) is 5.79. The minimum Gasteiger partial charge on any atom is -0.382 e. The number of hydrogen-bond acceptors (Lipinski definition) is 4. The van der Waals surface area contributed by atoms with Crippen LogP contribution in [-0.4, -0.2) is 58.9 Å². The summed E-state index contributed by atoms with van der Waals surface area (Å²) in [6.45, 7) is 2.93. The van der Waals surface area contributed by atoms with Crippen LogP contribution in [0.5, 0.6) is 0 Å². The second-order valence-electron chi connectivity index (χ2n) is 6.91. The van der Waals surface area contributed by atoms with Crippen LogP contribution in [0.3, 0.4) is 0 Å².